The molecule has 1 aromatic rings. The quantitative estimate of drug-likeness (QED) is 0.828. The van der Waals surface area contributed by atoms with E-state index in [2.05, 4.69) is 11.4 Å². The molecule has 0 atom stereocenters. The zero-order chi connectivity index (χ0) is 14.4. The third kappa shape index (κ3) is 3.43. The number of nitriles is 1. The van der Waals surface area contributed by atoms with Crippen LogP contribution in [0, 0.1) is 11.3 Å². The lowest BCUT2D eigenvalue weighted by molar-refractivity contribution is 0.0381. The van der Waals surface area contributed by atoms with E-state index in [1.165, 1.54) is 12.8 Å². The second-order valence-corrected chi connectivity index (χ2v) is 5.49. The summed E-state index contributed by atoms with van der Waals surface area (Å²) < 4.78 is 5.29. The van der Waals surface area contributed by atoms with Crippen LogP contribution in [0.1, 0.15) is 44.1 Å². The summed E-state index contributed by atoms with van der Waals surface area (Å²) in [7, 11) is 1.59. The third-order valence-corrected chi connectivity index (χ3v) is 4.00. The Balaban J connectivity index is 2.12. The molecule has 4 nitrogen and oxygen atoms in total. The Labute approximate surface area is 120 Å². The van der Waals surface area contributed by atoms with Crippen LogP contribution in [-0.4, -0.2) is 24.4 Å². The minimum Gasteiger partial charge on any atom is -0.495 e. The Morgan fingerprint density at radius 3 is 2.60 bits per heavy atom. The van der Waals surface area contributed by atoms with Gasteiger partial charge in [0.1, 0.15) is 11.8 Å². The molecule has 1 aliphatic rings. The minimum absolute atomic E-state index is 0.460. The number of hydrogen-bond donors (Lipinski definition) is 2. The number of anilines is 1. The number of ether oxygens (including phenoxy) is 1. The average molecular weight is 274 g/mol. The molecule has 108 valence electrons. The fourth-order valence-corrected chi connectivity index (χ4v) is 2.79. The molecule has 2 N–H and O–H groups in total. The van der Waals surface area contributed by atoms with Crippen LogP contribution >= 0.6 is 0 Å². The van der Waals surface area contributed by atoms with Crippen molar-refractivity contribution < 1.29 is 9.84 Å². The predicted molar refractivity (Wildman–Crippen MR) is 78.9 cm³/mol. The molecule has 0 radical (unpaired) electrons. The van der Waals surface area contributed by atoms with E-state index >= 15 is 0 Å². The van der Waals surface area contributed by atoms with Crippen LogP contribution in [0.5, 0.6) is 5.75 Å². The summed E-state index contributed by atoms with van der Waals surface area (Å²) in [6.45, 7) is 0.460. The van der Waals surface area contributed by atoms with Crippen molar-refractivity contribution in [3.63, 3.8) is 0 Å². The van der Waals surface area contributed by atoms with Gasteiger partial charge in [-0.2, -0.15) is 5.26 Å². The second-order valence-electron chi connectivity index (χ2n) is 5.49. The van der Waals surface area contributed by atoms with E-state index in [-0.39, 0.29) is 0 Å². The first-order chi connectivity index (χ1) is 9.68. The first-order valence-electron chi connectivity index (χ1n) is 7.22. The SMILES string of the molecule is COc1cccc(C#N)c1NCC1(O)CCCCCC1. The van der Waals surface area contributed by atoms with E-state index in [0.717, 1.165) is 25.7 Å². The molecule has 0 spiro atoms. The molecule has 0 aromatic heterocycles. The number of rotatable bonds is 4. The number of nitrogens with one attached hydrogen (secondary N) is 1. The lowest BCUT2D eigenvalue weighted by atomic mass is 9.94. The summed E-state index contributed by atoms with van der Waals surface area (Å²) in [5, 5.41) is 23.1. The smallest absolute Gasteiger partial charge is 0.143 e. The fraction of sp³-hybridized carbons (Fsp3) is 0.562. The van der Waals surface area contributed by atoms with Gasteiger partial charge in [0, 0.05) is 6.54 Å². The van der Waals surface area contributed by atoms with E-state index < -0.39 is 5.60 Å². The molecular formula is C16H22N2O2. The predicted octanol–water partition coefficient (Wildman–Crippen LogP) is 3.06. The molecule has 20 heavy (non-hydrogen) atoms. The number of benzene rings is 1. The summed E-state index contributed by atoms with van der Waals surface area (Å²) in [5.41, 5.74) is 0.543. The summed E-state index contributed by atoms with van der Waals surface area (Å²) in [6, 6.07) is 7.53. The molecule has 0 unspecified atom stereocenters. The monoisotopic (exact) mass is 274 g/mol. The van der Waals surface area contributed by atoms with Crippen LogP contribution in [0.2, 0.25) is 0 Å². The number of hydrogen-bond acceptors (Lipinski definition) is 4. The van der Waals surface area contributed by atoms with Gasteiger partial charge in [-0.1, -0.05) is 31.7 Å². The van der Waals surface area contributed by atoms with Crippen molar-refractivity contribution >= 4 is 5.69 Å². The zero-order valence-corrected chi connectivity index (χ0v) is 12.0. The van der Waals surface area contributed by atoms with Crippen LogP contribution < -0.4 is 10.1 Å². The third-order valence-electron chi connectivity index (χ3n) is 4.00. The topological polar surface area (TPSA) is 65.3 Å². The van der Waals surface area contributed by atoms with E-state index in [9.17, 15) is 10.4 Å². The van der Waals surface area contributed by atoms with Gasteiger partial charge in [-0.05, 0) is 25.0 Å². The average Bonchev–Trinajstić information content (AvgIpc) is 2.70. The summed E-state index contributed by atoms with van der Waals surface area (Å²) >= 11 is 0. The lowest BCUT2D eigenvalue weighted by Crippen LogP contribution is -2.36. The molecule has 0 saturated heterocycles. The molecule has 1 fully saturated rings. The number of aliphatic hydroxyl groups is 1. The van der Waals surface area contributed by atoms with E-state index in [0.29, 0.717) is 23.5 Å². The van der Waals surface area contributed by atoms with Crippen molar-refractivity contribution in [3.8, 4) is 11.8 Å². The largest absolute Gasteiger partial charge is 0.495 e. The molecule has 1 aliphatic carbocycles. The molecular weight excluding hydrogens is 252 g/mol. The van der Waals surface area contributed by atoms with Gasteiger partial charge in [0.25, 0.3) is 0 Å². The highest BCUT2D eigenvalue weighted by Crippen LogP contribution is 2.31. The van der Waals surface area contributed by atoms with Crippen molar-refractivity contribution in [1.29, 1.82) is 5.26 Å². The maximum Gasteiger partial charge on any atom is 0.143 e. The van der Waals surface area contributed by atoms with Gasteiger partial charge in [0.15, 0.2) is 0 Å². The Morgan fingerprint density at radius 1 is 1.30 bits per heavy atom. The minimum atomic E-state index is -0.677. The van der Waals surface area contributed by atoms with E-state index in [4.69, 9.17) is 4.74 Å². The number of methoxy groups -OCH3 is 1. The van der Waals surface area contributed by atoms with Gasteiger partial charge in [-0.3, -0.25) is 0 Å². The van der Waals surface area contributed by atoms with Gasteiger partial charge >= 0.3 is 0 Å². The standard InChI is InChI=1S/C16H22N2O2/c1-20-14-8-6-7-13(11-17)15(14)18-12-16(19)9-4-2-3-5-10-16/h6-8,18-19H,2-5,9-10,12H2,1H3. The lowest BCUT2D eigenvalue weighted by Gasteiger charge is -2.28. The van der Waals surface area contributed by atoms with Gasteiger partial charge in [-0.25, -0.2) is 0 Å². The van der Waals surface area contributed by atoms with Crippen molar-refractivity contribution in [1.82, 2.24) is 0 Å². The Bertz CT molecular complexity index is 486. The van der Waals surface area contributed by atoms with E-state index in [1.54, 1.807) is 19.2 Å². The fourth-order valence-electron chi connectivity index (χ4n) is 2.79. The number of para-hydroxylation sites is 1. The number of nitrogens with zero attached hydrogens (tertiary/aromatic N) is 1. The first kappa shape index (κ1) is 14.7. The van der Waals surface area contributed by atoms with Gasteiger partial charge in [0.05, 0.1) is 24.0 Å². The van der Waals surface area contributed by atoms with Gasteiger partial charge < -0.3 is 15.2 Å². The van der Waals surface area contributed by atoms with E-state index in [1.807, 2.05) is 6.07 Å². The van der Waals surface area contributed by atoms with Crippen molar-refractivity contribution in [2.24, 2.45) is 0 Å². The van der Waals surface area contributed by atoms with Crippen LogP contribution in [0.3, 0.4) is 0 Å². The van der Waals surface area contributed by atoms with Crippen LogP contribution in [0.4, 0.5) is 5.69 Å². The second kappa shape index (κ2) is 6.62. The molecule has 2 rings (SSSR count). The molecule has 0 aliphatic heterocycles. The molecule has 1 aromatic carbocycles. The van der Waals surface area contributed by atoms with Gasteiger partial charge in [-0.15, -0.1) is 0 Å². The highest BCUT2D eigenvalue weighted by molar-refractivity contribution is 5.66. The molecule has 0 heterocycles. The Hall–Kier alpha value is -1.73. The van der Waals surface area contributed by atoms with Crippen molar-refractivity contribution in [2.75, 3.05) is 19.0 Å². The molecule has 0 bridgehead atoms. The molecule has 4 heteroatoms. The molecule has 0 amide bonds. The summed E-state index contributed by atoms with van der Waals surface area (Å²) in [5.74, 6) is 0.640. The normalized spacial score (nSPS) is 17.9. The zero-order valence-electron chi connectivity index (χ0n) is 12.0. The van der Waals surface area contributed by atoms with Crippen LogP contribution in [0.25, 0.3) is 0 Å². The highest BCUT2D eigenvalue weighted by atomic mass is 16.5. The first-order valence-corrected chi connectivity index (χ1v) is 7.22. The highest BCUT2D eigenvalue weighted by Gasteiger charge is 2.28. The van der Waals surface area contributed by atoms with Crippen molar-refractivity contribution in [2.45, 2.75) is 44.1 Å². The molecule has 1 saturated carbocycles. The Morgan fingerprint density at radius 2 is 2.00 bits per heavy atom. The van der Waals surface area contributed by atoms with Crippen molar-refractivity contribution in [3.05, 3.63) is 23.8 Å². The maximum absolute atomic E-state index is 10.7. The van der Waals surface area contributed by atoms with Crippen LogP contribution in [0.15, 0.2) is 18.2 Å². The Kier molecular flexibility index (Phi) is 4.86. The summed E-state index contributed by atoms with van der Waals surface area (Å²) in [6.07, 6.45) is 6.15. The van der Waals surface area contributed by atoms with Crippen LogP contribution in [-0.2, 0) is 0 Å². The van der Waals surface area contributed by atoms with Gasteiger partial charge in [0.2, 0.25) is 0 Å². The summed E-state index contributed by atoms with van der Waals surface area (Å²) in [4.78, 5) is 0. The maximum atomic E-state index is 10.7.